The van der Waals surface area contributed by atoms with Gasteiger partial charge in [0.05, 0.1) is 9.91 Å². The number of rotatable bonds is 4. The lowest BCUT2D eigenvalue weighted by Gasteiger charge is -2.07. The highest BCUT2D eigenvalue weighted by Crippen LogP contribution is 2.31. The van der Waals surface area contributed by atoms with Crippen LogP contribution in [0.25, 0.3) is 11.1 Å². The minimum atomic E-state index is -0.829. The normalized spacial score (nSPS) is 10.9. The van der Waals surface area contributed by atoms with Crippen LogP contribution >= 0.6 is 22.9 Å². The zero-order valence-electron chi connectivity index (χ0n) is 11.8. The average Bonchev–Trinajstić information content (AvgIpc) is 2.95. The molecular formula is C17H12ClNO2S. The molecule has 0 saturated carbocycles. The van der Waals surface area contributed by atoms with E-state index in [-0.39, 0.29) is 5.57 Å². The lowest BCUT2D eigenvalue weighted by Crippen LogP contribution is -2.00. The van der Waals surface area contributed by atoms with Crippen LogP contribution in [0.15, 0.2) is 60.0 Å². The Morgan fingerprint density at radius 1 is 1.32 bits per heavy atom. The van der Waals surface area contributed by atoms with E-state index < -0.39 is 5.91 Å². The highest BCUT2D eigenvalue weighted by molar-refractivity contribution is 7.17. The maximum Gasteiger partial charge on any atom is 0.317 e. The topological polar surface area (TPSA) is 46.5 Å². The van der Waals surface area contributed by atoms with E-state index in [4.69, 9.17) is 11.6 Å². The molecule has 0 aliphatic heterocycles. The Morgan fingerprint density at radius 2 is 2.05 bits per heavy atom. The van der Waals surface area contributed by atoms with Crippen molar-refractivity contribution in [2.75, 3.05) is 0 Å². The molecule has 0 fully saturated rings. The molecule has 110 valence electrons. The van der Waals surface area contributed by atoms with Gasteiger partial charge in [-0.3, -0.25) is 4.79 Å². The van der Waals surface area contributed by atoms with Crippen molar-refractivity contribution in [3.63, 3.8) is 0 Å². The molecule has 0 N–H and O–H groups in total. The first-order valence-corrected chi connectivity index (χ1v) is 7.57. The van der Waals surface area contributed by atoms with E-state index in [2.05, 4.69) is 17.5 Å². The quantitative estimate of drug-likeness (QED) is 0.332. The van der Waals surface area contributed by atoms with Crippen LogP contribution in [0.5, 0.6) is 0 Å². The molecule has 3 nitrogen and oxygen atoms in total. The summed E-state index contributed by atoms with van der Waals surface area (Å²) < 4.78 is 0.619. The van der Waals surface area contributed by atoms with E-state index in [9.17, 15) is 9.70 Å². The third kappa shape index (κ3) is 3.49. The number of nitroso groups, excluding NO2 is 1. The SMILES string of the molecule is C=C=C(C=C(C(=O)N=O)c1ccccc1C)c1ccc(Cl)s1. The van der Waals surface area contributed by atoms with Gasteiger partial charge in [0.25, 0.3) is 0 Å². The fourth-order valence-electron chi connectivity index (χ4n) is 1.99. The van der Waals surface area contributed by atoms with Gasteiger partial charge in [0.2, 0.25) is 0 Å². The molecule has 0 saturated heterocycles. The van der Waals surface area contributed by atoms with Crippen LogP contribution in [0.2, 0.25) is 4.34 Å². The van der Waals surface area contributed by atoms with Crippen molar-refractivity contribution < 1.29 is 4.79 Å². The predicted molar refractivity (Wildman–Crippen MR) is 91.8 cm³/mol. The van der Waals surface area contributed by atoms with Gasteiger partial charge in [-0.2, -0.15) is 0 Å². The molecule has 0 aliphatic rings. The fourth-order valence-corrected chi connectivity index (χ4v) is 3.03. The number of benzene rings is 1. The number of hydrogen-bond acceptors (Lipinski definition) is 3. The number of carbonyl (C=O) groups is 1. The minimum Gasteiger partial charge on any atom is -0.263 e. The second-order valence-corrected chi connectivity index (χ2v) is 6.18. The lowest BCUT2D eigenvalue weighted by molar-refractivity contribution is -0.112. The number of aryl methyl sites for hydroxylation is 1. The van der Waals surface area contributed by atoms with Gasteiger partial charge < -0.3 is 0 Å². The van der Waals surface area contributed by atoms with Crippen LogP contribution in [-0.4, -0.2) is 5.91 Å². The number of carbonyl (C=O) groups excluding carboxylic acids is 1. The number of amides is 1. The van der Waals surface area contributed by atoms with E-state index in [1.165, 1.54) is 11.3 Å². The molecular weight excluding hydrogens is 318 g/mol. The summed E-state index contributed by atoms with van der Waals surface area (Å²) in [4.78, 5) is 23.5. The lowest BCUT2D eigenvalue weighted by atomic mass is 9.98. The molecule has 2 rings (SSSR count). The van der Waals surface area contributed by atoms with Crippen molar-refractivity contribution in [1.82, 2.24) is 0 Å². The molecule has 0 aliphatic carbocycles. The van der Waals surface area contributed by atoms with E-state index in [1.807, 2.05) is 25.1 Å². The molecule has 1 aromatic heterocycles. The smallest absolute Gasteiger partial charge is 0.263 e. The Balaban J connectivity index is 2.59. The Hall–Kier alpha value is -2.26. The fraction of sp³-hybridized carbons (Fsp3) is 0.0588. The number of nitrogens with zero attached hydrogens (tertiary/aromatic N) is 1. The molecule has 0 unspecified atom stereocenters. The number of thiophene rings is 1. The van der Waals surface area contributed by atoms with Gasteiger partial charge in [-0.15, -0.1) is 22.0 Å². The van der Waals surface area contributed by atoms with Gasteiger partial charge in [-0.1, -0.05) is 42.4 Å². The molecule has 5 heteroatoms. The van der Waals surface area contributed by atoms with Gasteiger partial charge in [0, 0.05) is 15.6 Å². The van der Waals surface area contributed by atoms with E-state index >= 15 is 0 Å². The molecule has 0 atom stereocenters. The summed E-state index contributed by atoms with van der Waals surface area (Å²) in [5, 5.41) is 2.55. The van der Waals surface area contributed by atoms with Crippen molar-refractivity contribution in [2.24, 2.45) is 5.18 Å². The van der Waals surface area contributed by atoms with Crippen LogP contribution in [0, 0.1) is 11.8 Å². The van der Waals surface area contributed by atoms with Gasteiger partial charge in [0.1, 0.15) is 0 Å². The monoisotopic (exact) mass is 329 g/mol. The maximum atomic E-state index is 11.9. The predicted octanol–water partition coefficient (Wildman–Crippen LogP) is 5.25. The van der Waals surface area contributed by atoms with Crippen molar-refractivity contribution in [1.29, 1.82) is 0 Å². The maximum absolute atomic E-state index is 11.9. The van der Waals surface area contributed by atoms with Gasteiger partial charge in [0.15, 0.2) is 0 Å². The van der Waals surface area contributed by atoms with Crippen molar-refractivity contribution >= 4 is 40.0 Å². The largest absolute Gasteiger partial charge is 0.317 e. The molecule has 22 heavy (non-hydrogen) atoms. The molecule has 1 amide bonds. The molecule has 0 spiro atoms. The summed E-state index contributed by atoms with van der Waals surface area (Å²) in [6.45, 7) is 5.50. The second kappa shape index (κ2) is 7.14. The summed E-state index contributed by atoms with van der Waals surface area (Å²) in [7, 11) is 0. The standard InChI is InChI=1S/C17H12ClNO2S/c1-3-12(15-8-9-16(18)22-15)10-14(17(20)19-21)13-7-5-4-6-11(13)2/h4-10H,1H2,2H3. The summed E-state index contributed by atoms with van der Waals surface area (Å²) in [5.74, 6) is -0.829. The number of hydrogen-bond donors (Lipinski definition) is 0. The summed E-state index contributed by atoms with van der Waals surface area (Å²) in [6.07, 6.45) is 1.57. The van der Waals surface area contributed by atoms with Gasteiger partial charge >= 0.3 is 5.91 Å². The molecule has 2 aromatic rings. The van der Waals surface area contributed by atoms with Gasteiger partial charge in [-0.05, 0) is 36.3 Å². The molecule has 1 aromatic carbocycles. The third-order valence-corrected chi connectivity index (χ3v) is 4.33. The molecule has 0 radical (unpaired) electrons. The zero-order valence-corrected chi connectivity index (χ0v) is 13.4. The summed E-state index contributed by atoms with van der Waals surface area (Å²) in [5.41, 5.74) is 5.11. The second-order valence-electron chi connectivity index (χ2n) is 4.46. The zero-order chi connectivity index (χ0) is 16.1. The highest BCUT2D eigenvalue weighted by atomic mass is 35.5. The van der Waals surface area contributed by atoms with E-state index in [1.54, 1.807) is 24.3 Å². The van der Waals surface area contributed by atoms with E-state index in [0.29, 0.717) is 15.5 Å². The van der Waals surface area contributed by atoms with Crippen LogP contribution in [0.4, 0.5) is 0 Å². The summed E-state index contributed by atoms with van der Waals surface area (Å²) in [6, 6.07) is 10.9. The first-order chi connectivity index (χ1) is 10.6. The first kappa shape index (κ1) is 16.1. The Bertz CT molecular complexity index is 814. The number of halogens is 1. The highest BCUT2D eigenvalue weighted by Gasteiger charge is 2.16. The number of allylic oxidation sites excluding steroid dienone is 2. The van der Waals surface area contributed by atoms with E-state index in [0.717, 1.165) is 10.4 Å². The minimum absolute atomic E-state index is 0.212. The summed E-state index contributed by atoms with van der Waals surface area (Å²) >= 11 is 7.27. The molecule has 1 heterocycles. The van der Waals surface area contributed by atoms with Crippen molar-refractivity contribution in [3.8, 4) is 0 Å². The van der Waals surface area contributed by atoms with Crippen LogP contribution < -0.4 is 0 Å². The Labute approximate surface area is 137 Å². The van der Waals surface area contributed by atoms with Crippen LogP contribution in [0.1, 0.15) is 16.0 Å². The molecule has 0 bridgehead atoms. The van der Waals surface area contributed by atoms with Crippen molar-refractivity contribution in [3.05, 3.63) is 80.0 Å². The average molecular weight is 330 g/mol. The van der Waals surface area contributed by atoms with Crippen LogP contribution in [0.3, 0.4) is 0 Å². The Kier molecular flexibility index (Phi) is 5.23. The first-order valence-electron chi connectivity index (χ1n) is 6.38. The van der Waals surface area contributed by atoms with Gasteiger partial charge in [-0.25, -0.2) is 0 Å². The third-order valence-electron chi connectivity index (χ3n) is 3.07. The van der Waals surface area contributed by atoms with Crippen molar-refractivity contribution in [2.45, 2.75) is 6.92 Å². The Morgan fingerprint density at radius 3 is 2.59 bits per heavy atom. The van der Waals surface area contributed by atoms with Crippen LogP contribution in [-0.2, 0) is 4.79 Å².